The van der Waals surface area contributed by atoms with Crippen LogP contribution in [0.25, 0.3) is 15.9 Å². The second-order valence-electron chi connectivity index (χ2n) is 9.12. The number of ether oxygens (including phenoxy) is 2. The van der Waals surface area contributed by atoms with E-state index in [9.17, 15) is 9.59 Å². The number of nitrogens with zero attached hydrogens (tertiary/aromatic N) is 3. The minimum absolute atomic E-state index is 0.0559. The van der Waals surface area contributed by atoms with Gasteiger partial charge in [0, 0.05) is 4.88 Å². The number of carbonyl (C=O) groups excluding carboxylic acids is 1. The monoisotopic (exact) mass is 562 g/mol. The summed E-state index contributed by atoms with van der Waals surface area (Å²) in [5.41, 5.74) is 5.12. The van der Waals surface area contributed by atoms with E-state index in [2.05, 4.69) is 17.5 Å². The molecule has 0 unspecified atom stereocenters. The highest BCUT2D eigenvalue weighted by Gasteiger charge is 2.23. The largest absolute Gasteiger partial charge is 0.497 e. The van der Waals surface area contributed by atoms with Gasteiger partial charge in [0.2, 0.25) is 0 Å². The molecule has 10 heteroatoms. The quantitative estimate of drug-likeness (QED) is 0.121. The summed E-state index contributed by atoms with van der Waals surface area (Å²) in [5.74, 6) is 1.26. The summed E-state index contributed by atoms with van der Waals surface area (Å²) in [6.45, 7) is 2.73. The van der Waals surface area contributed by atoms with Gasteiger partial charge in [-0.1, -0.05) is 18.7 Å². The van der Waals surface area contributed by atoms with Crippen molar-refractivity contribution in [2.45, 2.75) is 44.2 Å². The predicted octanol–water partition coefficient (Wildman–Crippen LogP) is 5.37. The lowest BCUT2D eigenvalue weighted by molar-refractivity contribution is -0.118. The molecule has 1 N–H and O–H groups in total. The Balaban J connectivity index is 1.35. The lowest BCUT2D eigenvalue weighted by Crippen LogP contribution is -2.24. The number of benzene rings is 2. The first-order valence-electron chi connectivity index (χ1n) is 13.0. The number of nitrogens with one attached hydrogen (secondary N) is 1. The third-order valence-corrected chi connectivity index (χ3v) is 8.50. The average molecular weight is 563 g/mol. The predicted molar refractivity (Wildman–Crippen MR) is 157 cm³/mol. The van der Waals surface area contributed by atoms with Crippen LogP contribution in [-0.4, -0.2) is 41.1 Å². The molecule has 202 valence electrons. The molecule has 1 aliphatic carbocycles. The van der Waals surface area contributed by atoms with E-state index in [0.29, 0.717) is 28.6 Å². The molecule has 2 heterocycles. The summed E-state index contributed by atoms with van der Waals surface area (Å²) in [6, 6.07) is 14.8. The van der Waals surface area contributed by atoms with Crippen LogP contribution in [0.5, 0.6) is 11.5 Å². The second-order valence-corrected chi connectivity index (χ2v) is 11.1. The fourth-order valence-corrected chi connectivity index (χ4v) is 6.56. The summed E-state index contributed by atoms with van der Waals surface area (Å²) < 4.78 is 12.5. The number of amides is 1. The fourth-order valence-electron chi connectivity index (χ4n) is 4.45. The molecular formula is C29H30N4O4S2. The van der Waals surface area contributed by atoms with Gasteiger partial charge < -0.3 is 9.47 Å². The van der Waals surface area contributed by atoms with Gasteiger partial charge in [0.05, 0.1) is 36.8 Å². The van der Waals surface area contributed by atoms with E-state index in [4.69, 9.17) is 14.5 Å². The summed E-state index contributed by atoms with van der Waals surface area (Å²) in [5, 5.41) is 5.25. The summed E-state index contributed by atoms with van der Waals surface area (Å²) >= 11 is 2.81. The third-order valence-electron chi connectivity index (χ3n) is 6.38. The maximum absolute atomic E-state index is 13.8. The number of thiophene rings is 1. The first kappa shape index (κ1) is 27.0. The van der Waals surface area contributed by atoms with Crippen molar-refractivity contribution in [3.05, 3.63) is 74.9 Å². The van der Waals surface area contributed by atoms with E-state index in [1.165, 1.54) is 16.6 Å². The van der Waals surface area contributed by atoms with Gasteiger partial charge >= 0.3 is 0 Å². The number of fused-ring (bicyclic) bond motifs is 3. The zero-order valence-corrected chi connectivity index (χ0v) is 23.6. The molecule has 0 bridgehead atoms. The fraction of sp³-hybridized carbons (Fsp3) is 0.310. The molecule has 0 spiro atoms. The SMILES string of the molecule is CCCOc1ccc(C=NNC(=O)CSc2nc3sc4c(c3c(=O)n2-c2ccc(OC)cc2)CCCC4)cc1. The molecule has 8 nitrogen and oxygen atoms in total. The van der Waals surface area contributed by atoms with Crippen LogP contribution in [0.1, 0.15) is 42.2 Å². The number of aryl methyl sites for hydroxylation is 2. The highest BCUT2D eigenvalue weighted by molar-refractivity contribution is 7.99. The van der Waals surface area contributed by atoms with Crippen LogP contribution < -0.4 is 20.5 Å². The van der Waals surface area contributed by atoms with Gasteiger partial charge in [-0.05, 0) is 91.8 Å². The Hall–Kier alpha value is -3.63. The van der Waals surface area contributed by atoms with Gasteiger partial charge in [0.15, 0.2) is 5.16 Å². The molecule has 39 heavy (non-hydrogen) atoms. The Kier molecular flexibility index (Phi) is 8.63. The van der Waals surface area contributed by atoms with Gasteiger partial charge in [-0.3, -0.25) is 14.2 Å². The van der Waals surface area contributed by atoms with Crippen molar-refractivity contribution in [1.29, 1.82) is 0 Å². The van der Waals surface area contributed by atoms with Crippen molar-refractivity contribution >= 4 is 45.4 Å². The van der Waals surface area contributed by atoms with Crippen LogP contribution in [0, 0.1) is 0 Å². The highest BCUT2D eigenvalue weighted by Crippen LogP contribution is 2.35. The molecule has 0 radical (unpaired) electrons. The molecule has 0 fully saturated rings. The van der Waals surface area contributed by atoms with Crippen molar-refractivity contribution < 1.29 is 14.3 Å². The van der Waals surface area contributed by atoms with Crippen LogP contribution in [0.3, 0.4) is 0 Å². The molecule has 0 saturated heterocycles. The zero-order valence-electron chi connectivity index (χ0n) is 21.9. The molecule has 0 saturated carbocycles. The van der Waals surface area contributed by atoms with Crippen LogP contribution in [0.4, 0.5) is 0 Å². The number of methoxy groups -OCH3 is 1. The number of carbonyl (C=O) groups is 1. The van der Waals surface area contributed by atoms with Gasteiger partial charge in [0.25, 0.3) is 11.5 Å². The number of hydrogen-bond acceptors (Lipinski definition) is 8. The molecule has 4 aromatic rings. The van der Waals surface area contributed by atoms with Crippen molar-refractivity contribution in [3.8, 4) is 17.2 Å². The molecule has 0 aliphatic heterocycles. The Morgan fingerprint density at radius 2 is 1.87 bits per heavy atom. The number of rotatable bonds is 10. The van der Waals surface area contributed by atoms with Gasteiger partial charge in [-0.2, -0.15) is 5.10 Å². The van der Waals surface area contributed by atoms with E-state index in [1.54, 1.807) is 29.2 Å². The Morgan fingerprint density at radius 3 is 2.62 bits per heavy atom. The van der Waals surface area contributed by atoms with Gasteiger partial charge in [-0.15, -0.1) is 11.3 Å². The molecule has 1 amide bonds. The molecule has 2 aromatic carbocycles. The minimum Gasteiger partial charge on any atom is -0.497 e. The van der Waals surface area contributed by atoms with E-state index >= 15 is 0 Å². The summed E-state index contributed by atoms with van der Waals surface area (Å²) in [6.07, 6.45) is 6.62. The second kappa shape index (κ2) is 12.5. The van der Waals surface area contributed by atoms with Crippen molar-refractivity contribution in [1.82, 2.24) is 15.0 Å². The molecule has 1 aliphatic rings. The highest BCUT2D eigenvalue weighted by atomic mass is 32.2. The van der Waals surface area contributed by atoms with Crippen LogP contribution in [0.2, 0.25) is 0 Å². The van der Waals surface area contributed by atoms with E-state index in [0.717, 1.165) is 53.8 Å². The molecule has 2 aromatic heterocycles. The van der Waals surface area contributed by atoms with Gasteiger partial charge in [0.1, 0.15) is 16.3 Å². The Labute approximate surface area is 235 Å². The Bertz CT molecular complexity index is 1540. The van der Waals surface area contributed by atoms with Crippen molar-refractivity contribution in [2.24, 2.45) is 5.10 Å². The smallest absolute Gasteiger partial charge is 0.267 e. The van der Waals surface area contributed by atoms with E-state index in [1.807, 2.05) is 48.5 Å². The normalized spacial score (nSPS) is 13.0. The van der Waals surface area contributed by atoms with Crippen LogP contribution >= 0.6 is 23.1 Å². The summed E-state index contributed by atoms with van der Waals surface area (Å²) in [4.78, 5) is 33.3. The van der Waals surface area contributed by atoms with Crippen molar-refractivity contribution in [3.63, 3.8) is 0 Å². The number of thioether (sulfide) groups is 1. The molecule has 5 rings (SSSR count). The first-order valence-corrected chi connectivity index (χ1v) is 14.8. The molecular weight excluding hydrogens is 532 g/mol. The van der Waals surface area contributed by atoms with Crippen molar-refractivity contribution in [2.75, 3.05) is 19.5 Å². The van der Waals surface area contributed by atoms with E-state index in [-0.39, 0.29) is 17.2 Å². The van der Waals surface area contributed by atoms with Crippen LogP contribution in [0.15, 0.2) is 63.6 Å². The van der Waals surface area contributed by atoms with Gasteiger partial charge in [-0.25, -0.2) is 10.4 Å². The third kappa shape index (κ3) is 6.17. The van der Waals surface area contributed by atoms with Crippen LogP contribution in [-0.2, 0) is 17.6 Å². The zero-order chi connectivity index (χ0) is 27.2. The lowest BCUT2D eigenvalue weighted by Gasteiger charge is -2.14. The van der Waals surface area contributed by atoms with E-state index < -0.39 is 0 Å². The lowest BCUT2D eigenvalue weighted by atomic mass is 9.97. The summed E-state index contributed by atoms with van der Waals surface area (Å²) in [7, 11) is 1.60. The molecule has 0 atom stereocenters. The first-order chi connectivity index (χ1) is 19.1. The topological polar surface area (TPSA) is 94.8 Å². The number of hydrogen-bond donors (Lipinski definition) is 1. The maximum atomic E-state index is 13.8. The minimum atomic E-state index is -0.291. The average Bonchev–Trinajstić information content (AvgIpc) is 3.34. The Morgan fingerprint density at radius 1 is 1.13 bits per heavy atom. The standard InChI is InChI=1S/C29H30N4O4S2/c1-3-16-37-22-12-8-19(9-13-22)17-30-32-25(34)18-38-29-31-27-26(23-6-4-5-7-24(23)39-27)28(35)33(29)20-10-14-21(36-2)15-11-20/h8-15,17H,3-7,16,18H2,1-2H3,(H,32,34). The maximum Gasteiger partial charge on any atom is 0.267 e. The number of aromatic nitrogens is 2. The number of hydrazone groups is 1.